The van der Waals surface area contributed by atoms with Gasteiger partial charge in [-0.25, -0.2) is 0 Å². The number of benzene rings is 4. The summed E-state index contributed by atoms with van der Waals surface area (Å²) in [6, 6.07) is 28.5. The number of halogens is 3. The molecule has 0 fully saturated rings. The zero-order valence-electron chi connectivity index (χ0n) is 25.6. The van der Waals surface area contributed by atoms with Crippen molar-refractivity contribution < 1.29 is 51.0 Å². The van der Waals surface area contributed by atoms with E-state index in [1.54, 1.807) is 0 Å². The van der Waals surface area contributed by atoms with Gasteiger partial charge in [-0.05, 0) is 56.9 Å². The van der Waals surface area contributed by atoms with Crippen LogP contribution in [0.3, 0.4) is 0 Å². The molecular weight excluding hydrogens is 666 g/mol. The van der Waals surface area contributed by atoms with Crippen LogP contribution in [0.25, 0.3) is 17.2 Å². The molecule has 4 aromatic carbocycles. The standard InChI is InChI=1S/C39H36Cl.2ClH.Zr/c1-38(2,3)29-19-16-28-22-33-32(31(28)23-29)24-34(39(4,5)6)37(36(33)26-14-10-11-15-26)35(25-12-8-7-9-13-25)27-17-20-30(40)21-18-27;;;/h7-14,16-21,23-24H,15H2,1-6H3;2*1H;/q-1;;;+3/p-2. The van der Waals surface area contributed by atoms with Crippen LogP contribution in [-0.4, -0.2) is 0 Å². The van der Waals surface area contributed by atoms with Crippen molar-refractivity contribution in [2.24, 2.45) is 0 Å². The molecule has 0 saturated carbocycles. The second kappa shape index (κ2) is 13.5. The molecule has 6 rings (SSSR count). The Balaban J connectivity index is 0.00000169. The van der Waals surface area contributed by atoms with Crippen molar-refractivity contribution >= 4 is 28.8 Å². The van der Waals surface area contributed by atoms with E-state index in [0.717, 1.165) is 11.4 Å². The molecule has 2 aliphatic rings. The molecule has 0 aromatic heterocycles. The van der Waals surface area contributed by atoms with E-state index in [0.29, 0.717) is 0 Å². The minimum atomic E-state index is -0.0947. The quantitative estimate of drug-likeness (QED) is 0.254. The average molecular weight is 702 g/mol. The fourth-order valence-corrected chi connectivity index (χ4v) is 6.11. The topological polar surface area (TPSA) is 0 Å². The van der Waals surface area contributed by atoms with Crippen molar-refractivity contribution in [3.63, 3.8) is 0 Å². The molecular formula is C39H36Cl3Zr. The SMILES string of the molecule is CC(C)(C)c1ccc2c(c1)=c1cc(C(C)(C)C)c(=C(c3ccccc3)c3ccc(Cl)cc3)c(C3=CC=CC3)c1[C-]=2.[Cl-].[Cl-].[Zr+3]. The van der Waals surface area contributed by atoms with Crippen LogP contribution in [0.5, 0.6) is 0 Å². The Morgan fingerprint density at radius 1 is 0.744 bits per heavy atom. The molecule has 0 heterocycles. The Bertz CT molecular complexity index is 1920. The van der Waals surface area contributed by atoms with Crippen molar-refractivity contribution in [2.75, 3.05) is 0 Å². The molecule has 0 bridgehead atoms. The number of fused-ring (bicyclic) bond motifs is 2. The van der Waals surface area contributed by atoms with Gasteiger partial charge in [0.25, 0.3) is 0 Å². The molecule has 0 atom stereocenters. The second-order valence-corrected chi connectivity index (χ2v) is 13.5. The molecule has 0 N–H and O–H groups in total. The molecule has 4 heteroatoms. The van der Waals surface area contributed by atoms with Gasteiger partial charge in [-0.15, -0.1) is 33.4 Å². The number of allylic oxidation sites excluding steroid dienone is 4. The summed E-state index contributed by atoms with van der Waals surface area (Å²) >= 11 is 6.38. The van der Waals surface area contributed by atoms with E-state index in [2.05, 4.69) is 133 Å². The largest absolute Gasteiger partial charge is 3.00 e. The van der Waals surface area contributed by atoms with E-state index in [1.165, 1.54) is 65.4 Å². The van der Waals surface area contributed by atoms with Crippen molar-refractivity contribution in [3.05, 3.63) is 156 Å². The van der Waals surface area contributed by atoms with E-state index in [4.69, 9.17) is 11.6 Å². The Hall–Kier alpha value is -2.15. The van der Waals surface area contributed by atoms with Crippen molar-refractivity contribution in [1.29, 1.82) is 0 Å². The molecule has 0 unspecified atom stereocenters. The monoisotopic (exact) mass is 699 g/mol. The first-order valence-electron chi connectivity index (χ1n) is 14.2. The van der Waals surface area contributed by atoms with Gasteiger partial charge in [0.05, 0.1) is 0 Å². The zero-order valence-corrected chi connectivity index (χ0v) is 30.3. The minimum Gasteiger partial charge on any atom is -1.00 e. The summed E-state index contributed by atoms with van der Waals surface area (Å²) in [4.78, 5) is 0. The first-order valence-corrected chi connectivity index (χ1v) is 14.6. The van der Waals surface area contributed by atoms with E-state index < -0.39 is 0 Å². The molecule has 43 heavy (non-hydrogen) atoms. The van der Waals surface area contributed by atoms with Crippen LogP contribution in [0.1, 0.15) is 81.3 Å². The summed E-state index contributed by atoms with van der Waals surface area (Å²) in [6.07, 6.45) is 11.6. The average Bonchev–Trinajstić information content (AvgIpc) is 3.57. The molecule has 0 nitrogen and oxygen atoms in total. The summed E-state index contributed by atoms with van der Waals surface area (Å²) in [5.41, 5.74) is 10.1. The van der Waals surface area contributed by atoms with Gasteiger partial charge in [0, 0.05) is 5.02 Å². The molecule has 2 aliphatic carbocycles. The van der Waals surface area contributed by atoms with Gasteiger partial charge in [-0.3, -0.25) is 0 Å². The maximum atomic E-state index is 6.38. The minimum absolute atomic E-state index is 0. The van der Waals surface area contributed by atoms with Gasteiger partial charge in [-0.1, -0.05) is 149 Å². The van der Waals surface area contributed by atoms with Crippen molar-refractivity contribution in [2.45, 2.75) is 58.8 Å². The summed E-state index contributed by atoms with van der Waals surface area (Å²) in [6.45, 7) is 13.9. The fraction of sp³-hybridized carbons (Fsp3) is 0.231. The van der Waals surface area contributed by atoms with Gasteiger partial charge >= 0.3 is 26.2 Å². The Morgan fingerprint density at radius 2 is 1.40 bits per heavy atom. The number of hydrogen-bond acceptors (Lipinski definition) is 0. The summed E-state index contributed by atoms with van der Waals surface area (Å²) < 4.78 is 0. The van der Waals surface area contributed by atoms with Gasteiger partial charge in [0.15, 0.2) is 0 Å². The van der Waals surface area contributed by atoms with Gasteiger partial charge in [-0.2, -0.15) is 0 Å². The van der Waals surface area contributed by atoms with Crippen LogP contribution in [0.4, 0.5) is 0 Å². The molecule has 0 spiro atoms. The first kappa shape index (κ1) is 35.3. The zero-order chi connectivity index (χ0) is 28.2. The predicted octanol–water partition coefficient (Wildman–Crippen LogP) is 2.84. The maximum Gasteiger partial charge on any atom is 3.00 e. The molecule has 0 aliphatic heterocycles. The second-order valence-electron chi connectivity index (χ2n) is 13.1. The fourth-order valence-electron chi connectivity index (χ4n) is 5.98. The van der Waals surface area contributed by atoms with Crippen LogP contribution in [-0.2, 0) is 37.0 Å². The van der Waals surface area contributed by atoms with Crippen LogP contribution in [0.15, 0.2) is 97.1 Å². The van der Waals surface area contributed by atoms with Crippen molar-refractivity contribution in [1.82, 2.24) is 0 Å². The summed E-state index contributed by atoms with van der Waals surface area (Å²) in [5.74, 6) is 0. The van der Waals surface area contributed by atoms with E-state index in [9.17, 15) is 0 Å². The third kappa shape index (κ3) is 6.77. The predicted molar refractivity (Wildman–Crippen MR) is 171 cm³/mol. The molecule has 4 aromatic rings. The van der Waals surface area contributed by atoms with Crippen LogP contribution in [0.2, 0.25) is 5.02 Å². The first-order chi connectivity index (χ1) is 19.0. The Morgan fingerprint density at radius 3 is 1.98 bits per heavy atom. The van der Waals surface area contributed by atoms with Crippen LogP contribution in [0, 0.1) is 10.4 Å². The van der Waals surface area contributed by atoms with Gasteiger partial charge < -0.3 is 24.8 Å². The Labute approximate surface area is 292 Å². The third-order valence-electron chi connectivity index (χ3n) is 8.11. The van der Waals surface area contributed by atoms with Crippen molar-refractivity contribution in [3.8, 4) is 0 Å². The van der Waals surface area contributed by atoms with Gasteiger partial charge in [0.2, 0.25) is 0 Å². The molecule has 0 amide bonds. The Kier molecular flexibility index (Phi) is 11.1. The molecule has 217 valence electrons. The normalized spacial score (nSPS) is 13.9. The molecule has 1 radical (unpaired) electrons. The van der Waals surface area contributed by atoms with E-state index >= 15 is 0 Å². The molecule has 0 saturated heterocycles. The third-order valence-corrected chi connectivity index (χ3v) is 8.36. The maximum absolute atomic E-state index is 6.38. The smallest absolute Gasteiger partial charge is 1.00 e. The van der Waals surface area contributed by atoms with E-state index in [1.807, 2.05) is 12.1 Å². The summed E-state index contributed by atoms with van der Waals surface area (Å²) in [5, 5.41) is 5.81. The van der Waals surface area contributed by atoms with Gasteiger partial charge in [0.1, 0.15) is 0 Å². The van der Waals surface area contributed by atoms with Crippen LogP contribution < -0.4 is 35.3 Å². The number of hydrogen-bond donors (Lipinski definition) is 0. The van der Waals surface area contributed by atoms with E-state index in [-0.39, 0.29) is 61.8 Å². The summed E-state index contributed by atoms with van der Waals surface area (Å²) in [7, 11) is 0. The number of rotatable bonds is 3. The van der Waals surface area contributed by atoms with Crippen LogP contribution >= 0.6 is 11.6 Å².